The molecule has 1 heterocycles. The van der Waals surface area contributed by atoms with Crippen molar-refractivity contribution in [3.05, 3.63) is 34.9 Å². The van der Waals surface area contributed by atoms with E-state index in [-0.39, 0.29) is 30.2 Å². The summed E-state index contributed by atoms with van der Waals surface area (Å²) in [6, 6.07) is 5.92. The molecule has 1 aliphatic carbocycles. The molecule has 2 aliphatic rings. The summed E-state index contributed by atoms with van der Waals surface area (Å²) in [5.74, 6) is 0.155. The van der Waals surface area contributed by atoms with E-state index in [4.69, 9.17) is 0 Å². The maximum atomic E-state index is 12.2. The summed E-state index contributed by atoms with van der Waals surface area (Å²) in [6.45, 7) is 0.614. The molecule has 0 N–H and O–H groups in total. The summed E-state index contributed by atoms with van der Waals surface area (Å²) in [7, 11) is 0. The van der Waals surface area contributed by atoms with Crippen molar-refractivity contribution in [1.29, 1.82) is 0 Å². The van der Waals surface area contributed by atoms with E-state index in [2.05, 4.69) is 9.98 Å². The van der Waals surface area contributed by atoms with E-state index in [0.29, 0.717) is 6.54 Å². The lowest BCUT2D eigenvalue weighted by Gasteiger charge is -2.06. The second-order valence-electron chi connectivity index (χ2n) is 5.49. The number of amidine groups is 1. The standard InChI is InChI=1S/C17H18N2O2/c20-15(7-8-16(21)17-18-9-2-10-19-17)14-6-5-12-3-1-4-13(12)11-14/h5-6,9,11H,1-4,7-8,10H2. The first-order valence-electron chi connectivity index (χ1n) is 7.49. The van der Waals surface area contributed by atoms with E-state index < -0.39 is 0 Å². The first-order chi connectivity index (χ1) is 10.2. The van der Waals surface area contributed by atoms with Gasteiger partial charge in [-0.3, -0.25) is 14.6 Å². The summed E-state index contributed by atoms with van der Waals surface area (Å²) in [5, 5.41) is 0. The van der Waals surface area contributed by atoms with Gasteiger partial charge in [0.05, 0.1) is 0 Å². The highest BCUT2D eigenvalue weighted by atomic mass is 16.1. The van der Waals surface area contributed by atoms with E-state index in [1.807, 2.05) is 18.2 Å². The van der Waals surface area contributed by atoms with Gasteiger partial charge in [-0.05, 0) is 36.5 Å². The Balaban J connectivity index is 1.60. The van der Waals surface area contributed by atoms with Crippen molar-refractivity contribution in [3.63, 3.8) is 0 Å². The zero-order valence-electron chi connectivity index (χ0n) is 12.0. The minimum atomic E-state index is -0.138. The zero-order chi connectivity index (χ0) is 14.7. The predicted molar refractivity (Wildman–Crippen MR) is 82.4 cm³/mol. The number of rotatable bonds is 5. The van der Waals surface area contributed by atoms with Crippen LogP contribution < -0.4 is 0 Å². The quantitative estimate of drug-likeness (QED) is 0.779. The SMILES string of the molecule is O=C(CCC(=O)c1ccc2c(c1)CCC2)C1=NCCC=N1. The van der Waals surface area contributed by atoms with Crippen LogP contribution in [0.1, 0.15) is 47.2 Å². The topological polar surface area (TPSA) is 58.9 Å². The molecule has 0 aromatic heterocycles. The second kappa shape index (κ2) is 6.12. The van der Waals surface area contributed by atoms with Crippen LogP contribution in [0, 0.1) is 0 Å². The lowest BCUT2D eigenvalue weighted by molar-refractivity contribution is -0.113. The first-order valence-corrected chi connectivity index (χ1v) is 7.49. The molecule has 21 heavy (non-hydrogen) atoms. The lowest BCUT2D eigenvalue weighted by atomic mass is 10.0. The van der Waals surface area contributed by atoms with Crippen LogP contribution in [-0.4, -0.2) is 30.2 Å². The maximum absolute atomic E-state index is 12.2. The number of fused-ring (bicyclic) bond motifs is 1. The van der Waals surface area contributed by atoms with Gasteiger partial charge < -0.3 is 0 Å². The number of carbonyl (C=O) groups is 2. The van der Waals surface area contributed by atoms with Crippen LogP contribution in [0.5, 0.6) is 0 Å². The molecule has 108 valence electrons. The van der Waals surface area contributed by atoms with Gasteiger partial charge in [-0.1, -0.05) is 12.1 Å². The summed E-state index contributed by atoms with van der Waals surface area (Å²) in [4.78, 5) is 32.2. The number of ketones is 2. The summed E-state index contributed by atoms with van der Waals surface area (Å²) < 4.78 is 0. The fourth-order valence-electron chi connectivity index (χ4n) is 2.81. The molecule has 0 unspecified atom stereocenters. The van der Waals surface area contributed by atoms with Crippen LogP contribution in [0.25, 0.3) is 0 Å². The largest absolute Gasteiger partial charge is 0.294 e. The van der Waals surface area contributed by atoms with Crippen LogP contribution in [0.2, 0.25) is 0 Å². The third kappa shape index (κ3) is 3.15. The number of aliphatic imine (C=N–C) groups is 2. The molecule has 0 atom stereocenters. The van der Waals surface area contributed by atoms with Crippen LogP contribution in [0.4, 0.5) is 0 Å². The highest BCUT2D eigenvalue weighted by molar-refractivity contribution is 6.40. The molecule has 4 nitrogen and oxygen atoms in total. The lowest BCUT2D eigenvalue weighted by Crippen LogP contribution is -2.16. The molecule has 0 fully saturated rings. The van der Waals surface area contributed by atoms with Crippen molar-refractivity contribution in [2.45, 2.75) is 38.5 Å². The average molecular weight is 282 g/mol. The Morgan fingerprint density at radius 3 is 2.67 bits per heavy atom. The highest BCUT2D eigenvalue weighted by Crippen LogP contribution is 2.23. The maximum Gasteiger partial charge on any atom is 0.200 e. The Kier molecular flexibility index (Phi) is 4.04. The molecule has 1 aromatic rings. The molecule has 0 saturated heterocycles. The Hall–Kier alpha value is -2.10. The van der Waals surface area contributed by atoms with Gasteiger partial charge in [0.2, 0.25) is 0 Å². The van der Waals surface area contributed by atoms with Crippen LogP contribution in [-0.2, 0) is 17.6 Å². The fraction of sp³-hybridized carbons (Fsp3) is 0.412. The molecule has 3 rings (SSSR count). The Labute approximate surface area is 124 Å². The average Bonchev–Trinajstić information content (AvgIpc) is 3.00. The van der Waals surface area contributed by atoms with Crippen molar-refractivity contribution in [3.8, 4) is 0 Å². The predicted octanol–water partition coefficient (Wildman–Crippen LogP) is 2.58. The molecule has 1 aliphatic heterocycles. The molecular weight excluding hydrogens is 264 g/mol. The fourth-order valence-corrected chi connectivity index (χ4v) is 2.81. The van der Waals surface area contributed by atoms with E-state index in [1.54, 1.807) is 6.21 Å². The number of hydrogen-bond acceptors (Lipinski definition) is 4. The van der Waals surface area contributed by atoms with Gasteiger partial charge in [0.1, 0.15) is 0 Å². The van der Waals surface area contributed by atoms with Gasteiger partial charge >= 0.3 is 0 Å². The second-order valence-corrected chi connectivity index (χ2v) is 5.49. The molecular formula is C17H18N2O2. The van der Waals surface area contributed by atoms with Gasteiger partial charge in [-0.15, -0.1) is 0 Å². The number of hydrogen-bond donors (Lipinski definition) is 0. The first kappa shape index (κ1) is 13.9. The van der Waals surface area contributed by atoms with Crippen molar-refractivity contribution in [2.75, 3.05) is 6.54 Å². The van der Waals surface area contributed by atoms with Crippen molar-refractivity contribution >= 4 is 23.6 Å². The smallest absolute Gasteiger partial charge is 0.200 e. The van der Waals surface area contributed by atoms with Crippen LogP contribution in [0.15, 0.2) is 28.2 Å². The summed E-state index contributed by atoms with van der Waals surface area (Å²) >= 11 is 0. The van der Waals surface area contributed by atoms with Crippen molar-refractivity contribution in [1.82, 2.24) is 0 Å². The Morgan fingerprint density at radius 1 is 1.05 bits per heavy atom. The number of nitrogens with zero attached hydrogens (tertiary/aromatic N) is 2. The molecule has 0 bridgehead atoms. The van der Waals surface area contributed by atoms with E-state index in [9.17, 15) is 9.59 Å². The van der Waals surface area contributed by atoms with E-state index >= 15 is 0 Å². The third-order valence-electron chi connectivity index (χ3n) is 3.98. The minimum Gasteiger partial charge on any atom is -0.294 e. The molecule has 1 aromatic carbocycles. The van der Waals surface area contributed by atoms with Crippen molar-refractivity contribution in [2.24, 2.45) is 9.98 Å². The number of carbonyl (C=O) groups excluding carboxylic acids is 2. The monoisotopic (exact) mass is 282 g/mol. The van der Waals surface area contributed by atoms with Crippen LogP contribution >= 0.6 is 0 Å². The number of benzene rings is 1. The van der Waals surface area contributed by atoms with Crippen molar-refractivity contribution < 1.29 is 9.59 Å². The van der Waals surface area contributed by atoms with Gasteiger partial charge in [0.25, 0.3) is 0 Å². The molecule has 0 amide bonds. The summed E-state index contributed by atoms with van der Waals surface area (Å²) in [6.07, 6.45) is 6.25. The third-order valence-corrected chi connectivity index (χ3v) is 3.98. The van der Waals surface area contributed by atoms with Gasteiger partial charge in [0.15, 0.2) is 17.4 Å². The minimum absolute atomic E-state index is 0.0263. The van der Waals surface area contributed by atoms with Gasteiger partial charge in [0, 0.05) is 37.6 Å². The van der Waals surface area contributed by atoms with Gasteiger partial charge in [-0.2, -0.15) is 0 Å². The van der Waals surface area contributed by atoms with E-state index in [0.717, 1.165) is 24.8 Å². The molecule has 0 radical (unpaired) electrons. The summed E-state index contributed by atoms with van der Waals surface area (Å²) in [5.41, 5.74) is 3.36. The molecule has 0 spiro atoms. The molecule has 0 saturated carbocycles. The highest BCUT2D eigenvalue weighted by Gasteiger charge is 2.17. The van der Waals surface area contributed by atoms with Gasteiger partial charge in [-0.25, -0.2) is 4.99 Å². The normalized spacial score (nSPS) is 16.5. The number of aryl methyl sites for hydroxylation is 2. The Bertz CT molecular complexity index is 644. The number of Topliss-reactive ketones (excluding diaryl/α,β-unsaturated/α-hetero) is 2. The zero-order valence-corrected chi connectivity index (χ0v) is 12.0. The van der Waals surface area contributed by atoms with E-state index in [1.165, 1.54) is 17.5 Å². The molecule has 4 heteroatoms. The van der Waals surface area contributed by atoms with Crippen LogP contribution in [0.3, 0.4) is 0 Å². The Morgan fingerprint density at radius 2 is 1.86 bits per heavy atom.